The van der Waals surface area contributed by atoms with Crippen LogP contribution < -0.4 is 4.90 Å². The standard InChI is InChI=1S/C66H49N/c1-65(2)59-34-14-9-29-53(59)56-31-19-32-57(64(56)65)55-30-12-17-37-63(55)67(48-38-39-54-52-28-10-15-35-60(52)66(61(54)43-48)41-40-45-22-6-13-33-58(45)66)62-36-16-11-27-51(62)47-24-18-23-46(42-47)50-26-8-7-25-49(50)44-20-4-3-5-21-44/h3-39,42-43H,40-41H2,1-2H3. The molecule has 0 heterocycles. The van der Waals surface area contributed by atoms with Gasteiger partial charge in [-0.3, -0.25) is 0 Å². The van der Waals surface area contributed by atoms with Crippen LogP contribution >= 0.6 is 0 Å². The first-order chi connectivity index (χ1) is 33.0. The molecule has 1 unspecified atom stereocenters. The van der Waals surface area contributed by atoms with Crippen molar-refractivity contribution in [3.8, 4) is 66.8 Å². The summed E-state index contributed by atoms with van der Waals surface area (Å²) in [5.41, 5.74) is 26.5. The molecule has 0 fully saturated rings. The van der Waals surface area contributed by atoms with Crippen LogP contribution in [0.3, 0.4) is 0 Å². The number of rotatable bonds is 7. The highest BCUT2D eigenvalue weighted by molar-refractivity contribution is 5.99. The number of hydrogen-bond donors (Lipinski definition) is 0. The molecule has 1 atom stereocenters. The summed E-state index contributed by atoms with van der Waals surface area (Å²) in [4.78, 5) is 2.57. The van der Waals surface area contributed by atoms with E-state index in [1.807, 2.05) is 0 Å². The van der Waals surface area contributed by atoms with Crippen molar-refractivity contribution in [2.75, 3.05) is 4.90 Å². The van der Waals surface area contributed by atoms with Crippen LogP contribution in [0.15, 0.2) is 237 Å². The zero-order valence-corrected chi connectivity index (χ0v) is 37.9. The Labute approximate surface area is 394 Å². The molecule has 10 aromatic rings. The third kappa shape index (κ3) is 5.94. The fourth-order valence-corrected chi connectivity index (χ4v) is 12.4. The van der Waals surface area contributed by atoms with Gasteiger partial charge in [-0.15, -0.1) is 0 Å². The molecule has 318 valence electrons. The molecular weight excluding hydrogens is 807 g/mol. The topological polar surface area (TPSA) is 3.24 Å². The van der Waals surface area contributed by atoms with E-state index < -0.39 is 0 Å². The third-order valence-corrected chi connectivity index (χ3v) is 15.3. The Balaban J connectivity index is 1.05. The summed E-state index contributed by atoms with van der Waals surface area (Å²) in [6.45, 7) is 4.80. The Kier molecular flexibility index (Phi) is 8.99. The molecule has 1 nitrogen and oxygen atoms in total. The van der Waals surface area contributed by atoms with E-state index in [9.17, 15) is 0 Å². The van der Waals surface area contributed by atoms with E-state index in [4.69, 9.17) is 0 Å². The zero-order chi connectivity index (χ0) is 44.7. The van der Waals surface area contributed by atoms with Crippen molar-refractivity contribution >= 4 is 17.1 Å². The van der Waals surface area contributed by atoms with Crippen LogP contribution in [0.1, 0.15) is 53.6 Å². The summed E-state index contributed by atoms with van der Waals surface area (Å²) in [5.74, 6) is 0. The number of benzene rings is 10. The molecule has 3 aliphatic rings. The maximum atomic E-state index is 2.57. The first kappa shape index (κ1) is 39.4. The van der Waals surface area contributed by atoms with Gasteiger partial charge in [0.05, 0.1) is 11.4 Å². The molecule has 1 heteroatoms. The molecule has 1 spiro atoms. The Hall–Kier alpha value is -8.00. The van der Waals surface area contributed by atoms with Crippen LogP contribution in [-0.4, -0.2) is 0 Å². The normalized spacial score (nSPS) is 15.7. The molecule has 0 saturated heterocycles. The lowest BCUT2D eigenvalue weighted by Crippen LogP contribution is -2.24. The minimum atomic E-state index is -0.222. The SMILES string of the molecule is CC1(C)c2ccccc2-c2cccc(-c3ccccc3N(c3ccc4c(c3)C3(CCc5ccccc53)c3ccccc3-4)c3ccccc3-c3cccc(-c4ccccc4-c4ccccc4)c3)c21. The Bertz CT molecular complexity index is 3570. The second kappa shape index (κ2) is 15.3. The van der Waals surface area contributed by atoms with Gasteiger partial charge < -0.3 is 4.90 Å². The van der Waals surface area contributed by atoms with Crippen molar-refractivity contribution in [2.45, 2.75) is 37.5 Å². The Morgan fingerprint density at radius 1 is 0.328 bits per heavy atom. The van der Waals surface area contributed by atoms with Crippen molar-refractivity contribution in [3.05, 3.63) is 270 Å². The largest absolute Gasteiger partial charge is 0.309 e. The van der Waals surface area contributed by atoms with Crippen LogP contribution in [0, 0.1) is 0 Å². The van der Waals surface area contributed by atoms with E-state index in [-0.39, 0.29) is 10.8 Å². The van der Waals surface area contributed by atoms with Gasteiger partial charge in [-0.05, 0) is 132 Å². The van der Waals surface area contributed by atoms with Crippen molar-refractivity contribution < 1.29 is 0 Å². The van der Waals surface area contributed by atoms with Crippen LogP contribution in [0.5, 0.6) is 0 Å². The monoisotopic (exact) mass is 855 g/mol. The van der Waals surface area contributed by atoms with E-state index >= 15 is 0 Å². The summed E-state index contributed by atoms with van der Waals surface area (Å²) in [6.07, 6.45) is 2.11. The lowest BCUT2D eigenvalue weighted by Gasteiger charge is -2.33. The molecule has 10 aromatic carbocycles. The first-order valence-corrected chi connectivity index (χ1v) is 23.8. The van der Waals surface area contributed by atoms with Crippen LogP contribution in [-0.2, 0) is 17.3 Å². The molecule has 0 bridgehead atoms. The predicted molar refractivity (Wildman–Crippen MR) is 281 cm³/mol. The van der Waals surface area contributed by atoms with Crippen molar-refractivity contribution in [1.82, 2.24) is 0 Å². The molecule has 0 saturated carbocycles. The Morgan fingerprint density at radius 3 is 1.55 bits per heavy atom. The second-order valence-corrected chi connectivity index (χ2v) is 19.1. The molecule has 13 rings (SSSR count). The molecule has 67 heavy (non-hydrogen) atoms. The molecule has 0 radical (unpaired) electrons. The molecular formula is C66H49N. The summed E-state index contributed by atoms with van der Waals surface area (Å²) in [7, 11) is 0. The summed E-state index contributed by atoms with van der Waals surface area (Å²) in [6, 6.07) is 88.5. The van der Waals surface area contributed by atoms with Gasteiger partial charge in [0.15, 0.2) is 0 Å². The summed E-state index contributed by atoms with van der Waals surface area (Å²) < 4.78 is 0. The van der Waals surface area contributed by atoms with Gasteiger partial charge in [-0.25, -0.2) is 0 Å². The maximum absolute atomic E-state index is 2.57. The molecule has 0 aliphatic heterocycles. The number of fused-ring (bicyclic) bond motifs is 10. The number of hydrogen-bond acceptors (Lipinski definition) is 1. The van der Waals surface area contributed by atoms with Crippen LogP contribution in [0.25, 0.3) is 66.8 Å². The van der Waals surface area contributed by atoms with Gasteiger partial charge in [0.1, 0.15) is 0 Å². The summed E-state index contributed by atoms with van der Waals surface area (Å²) >= 11 is 0. The van der Waals surface area contributed by atoms with Gasteiger partial charge >= 0.3 is 0 Å². The molecule has 3 aliphatic carbocycles. The average Bonchev–Trinajstić information content (AvgIpc) is 4.00. The number of aryl methyl sites for hydroxylation is 1. The van der Waals surface area contributed by atoms with E-state index in [2.05, 4.69) is 255 Å². The number of nitrogens with zero attached hydrogens (tertiary/aromatic N) is 1. The number of para-hydroxylation sites is 2. The van der Waals surface area contributed by atoms with E-state index in [1.54, 1.807) is 0 Å². The predicted octanol–water partition coefficient (Wildman–Crippen LogP) is 17.4. The van der Waals surface area contributed by atoms with Gasteiger partial charge in [0.2, 0.25) is 0 Å². The first-order valence-electron chi connectivity index (χ1n) is 23.8. The van der Waals surface area contributed by atoms with Gasteiger partial charge in [0.25, 0.3) is 0 Å². The van der Waals surface area contributed by atoms with Crippen molar-refractivity contribution in [3.63, 3.8) is 0 Å². The van der Waals surface area contributed by atoms with Crippen LogP contribution in [0.4, 0.5) is 17.1 Å². The zero-order valence-electron chi connectivity index (χ0n) is 37.9. The highest BCUT2D eigenvalue weighted by atomic mass is 15.1. The summed E-state index contributed by atoms with van der Waals surface area (Å²) in [5, 5.41) is 0. The lowest BCUT2D eigenvalue weighted by atomic mass is 9.73. The second-order valence-electron chi connectivity index (χ2n) is 19.1. The quantitative estimate of drug-likeness (QED) is 0.154. The molecule has 0 N–H and O–H groups in total. The lowest BCUT2D eigenvalue weighted by molar-refractivity contribution is 0.626. The van der Waals surface area contributed by atoms with Gasteiger partial charge in [-0.1, -0.05) is 220 Å². The molecule has 0 amide bonds. The number of anilines is 3. The van der Waals surface area contributed by atoms with Gasteiger partial charge in [-0.2, -0.15) is 0 Å². The highest BCUT2D eigenvalue weighted by Gasteiger charge is 2.48. The highest BCUT2D eigenvalue weighted by Crippen LogP contribution is 2.60. The third-order valence-electron chi connectivity index (χ3n) is 15.3. The van der Waals surface area contributed by atoms with E-state index in [0.717, 1.165) is 29.9 Å². The molecule has 0 aromatic heterocycles. The maximum Gasteiger partial charge on any atom is 0.0540 e. The Morgan fingerprint density at radius 2 is 0.806 bits per heavy atom. The minimum Gasteiger partial charge on any atom is -0.309 e. The minimum absolute atomic E-state index is 0.184. The van der Waals surface area contributed by atoms with E-state index in [0.29, 0.717) is 0 Å². The smallest absolute Gasteiger partial charge is 0.0540 e. The fraction of sp³-hybridized carbons (Fsp3) is 0.0909. The van der Waals surface area contributed by atoms with Crippen molar-refractivity contribution in [2.24, 2.45) is 0 Å². The fourth-order valence-electron chi connectivity index (χ4n) is 12.4. The van der Waals surface area contributed by atoms with Gasteiger partial charge in [0, 0.05) is 27.6 Å². The average molecular weight is 856 g/mol. The van der Waals surface area contributed by atoms with E-state index in [1.165, 1.54) is 100 Å². The van der Waals surface area contributed by atoms with Crippen LogP contribution in [0.2, 0.25) is 0 Å². The van der Waals surface area contributed by atoms with Crippen molar-refractivity contribution in [1.29, 1.82) is 0 Å².